The molecule has 0 aliphatic heterocycles. The van der Waals surface area contributed by atoms with Gasteiger partial charge in [-0.25, -0.2) is 0 Å². The summed E-state index contributed by atoms with van der Waals surface area (Å²) in [6.45, 7) is 0. The van der Waals surface area contributed by atoms with Gasteiger partial charge in [-0.15, -0.1) is 0 Å². The van der Waals surface area contributed by atoms with Crippen LogP contribution >= 0.6 is 11.8 Å². The fourth-order valence-electron chi connectivity index (χ4n) is 2.67. The van der Waals surface area contributed by atoms with Crippen LogP contribution in [0.5, 0.6) is 0 Å². The minimum atomic E-state index is 0.00303. The molecule has 3 N–H and O–H groups in total. The third-order valence-electron chi connectivity index (χ3n) is 3.81. The lowest BCUT2D eigenvalue weighted by Gasteiger charge is -2.28. The Morgan fingerprint density at radius 1 is 1.29 bits per heavy atom. The van der Waals surface area contributed by atoms with E-state index in [1.807, 2.05) is 23.9 Å². The van der Waals surface area contributed by atoms with Crippen molar-refractivity contribution in [3.05, 3.63) is 12.2 Å². The van der Waals surface area contributed by atoms with Gasteiger partial charge in [-0.3, -0.25) is 4.79 Å². The van der Waals surface area contributed by atoms with E-state index < -0.39 is 0 Å². The average Bonchev–Trinajstić information content (AvgIpc) is 2.77. The second-order valence-electron chi connectivity index (χ2n) is 5.11. The molecule has 3 nitrogen and oxygen atoms in total. The summed E-state index contributed by atoms with van der Waals surface area (Å²) < 4.78 is 0. The number of rotatable bonds is 3. The lowest BCUT2D eigenvalue weighted by Crippen LogP contribution is -2.41. The van der Waals surface area contributed by atoms with Crippen molar-refractivity contribution >= 4 is 17.7 Å². The Kier molecular flexibility index (Phi) is 4.51. The van der Waals surface area contributed by atoms with Crippen molar-refractivity contribution in [3.8, 4) is 0 Å². The molecule has 0 aromatic heterocycles. The molecule has 17 heavy (non-hydrogen) atoms. The number of amides is 1. The second-order valence-corrected chi connectivity index (χ2v) is 6.25. The zero-order valence-electron chi connectivity index (χ0n) is 10.4. The summed E-state index contributed by atoms with van der Waals surface area (Å²) in [6.07, 6.45) is 11.5. The average molecular weight is 254 g/mol. The van der Waals surface area contributed by atoms with Crippen LogP contribution in [0, 0.1) is 5.92 Å². The fourth-order valence-corrected chi connectivity index (χ4v) is 3.42. The van der Waals surface area contributed by atoms with Gasteiger partial charge in [0.25, 0.3) is 0 Å². The van der Waals surface area contributed by atoms with Gasteiger partial charge in [-0.05, 0) is 38.4 Å². The molecule has 0 heterocycles. The molecule has 96 valence electrons. The topological polar surface area (TPSA) is 55.1 Å². The maximum Gasteiger partial charge on any atom is 0.227 e. The maximum absolute atomic E-state index is 12.0. The van der Waals surface area contributed by atoms with Crippen LogP contribution in [0.15, 0.2) is 12.2 Å². The second kappa shape index (κ2) is 5.91. The highest BCUT2D eigenvalue weighted by Crippen LogP contribution is 2.27. The highest BCUT2D eigenvalue weighted by Gasteiger charge is 2.26. The number of hydrogen-bond donors (Lipinski definition) is 2. The monoisotopic (exact) mass is 254 g/mol. The molecule has 4 heteroatoms. The van der Waals surface area contributed by atoms with E-state index in [9.17, 15) is 4.79 Å². The van der Waals surface area contributed by atoms with Gasteiger partial charge >= 0.3 is 0 Å². The number of nitrogens with two attached hydrogens (primary N) is 1. The molecule has 0 saturated heterocycles. The van der Waals surface area contributed by atoms with Crippen molar-refractivity contribution in [2.45, 2.75) is 49.4 Å². The van der Waals surface area contributed by atoms with Crippen LogP contribution in [-0.4, -0.2) is 29.5 Å². The van der Waals surface area contributed by atoms with E-state index in [4.69, 9.17) is 5.73 Å². The molecule has 1 saturated carbocycles. The van der Waals surface area contributed by atoms with Gasteiger partial charge in [0.05, 0.1) is 5.92 Å². The Hall–Kier alpha value is -0.480. The molecule has 2 rings (SSSR count). The summed E-state index contributed by atoms with van der Waals surface area (Å²) in [5, 5.41) is 3.97. The Labute approximate surface area is 108 Å². The largest absolute Gasteiger partial charge is 0.353 e. The molecule has 0 aromatic carbocycles. The maximum atomic E-state index is 12.0. The molecule has 1 amide bonds. The van der Waals surface area contributed by atoms with E-state index in [0.29, 0.717) is 6.04 Å². The van der Waals surface area contributed by atoms with Crippen molar-refractivity contribution in [2.75, 3.05) is 6.26 Å². The molecule has 1 fully saturated rings. The van der Waals surface area contributed by atoms with Gasteiger partial charge in [0.1, 0.15) is 0 Å². The molecular formula is C13H22N2OS. The van der Waals surface area contributed by atoms with E-state index in [2.05, 4.69) is 11.6 Å². The van der Waals surface area contributed by atoms with Crippen molar-refractivity contribution in [2.24, 2.45) is 11.7 Å². The number of nitrogens with one attached hydrogen (secondary N) is 1. The molecule has 0 radical (unpaired) electrons. The lowest BCUT2D eigenvalue weighted by molar-refractivity contribution is -0.124. The predicted molar refractivity (Wildman–Crippen MR) is 72.9 cm³/mol. The Morgan fingerprint density at radius 2 is 2.00 bits per heavy atom. The molecule has 2 aliphatic carbocycles. The SMILES string of the molecule is CSC1CCC(NC(=O)C2C=CC(N)C2)CC1. The summed E-state index contributed by atoms with van der Waals surface area (Å²) in [4.78, 5) is 12.0. The molecule has 0 spiro atoms. The quantitative estimate of drug-likeness (QED) is 0.753. The van der Waals surface area contributed by atoms with E-state index in [0.717, 1.165) is 24.5 Å². The van der Waals surface area contributed by atoms with E-state index >= 15 is 0 Å². The highest BCUT2D eigenvalue weighted by atomic mass is 32.2. The number of hydrogen-bond acceptors (Lipinski definition) is 3. The molecule has 0 bridgehead atoms. The first-order valence-corrected chi connectivity index (χ1v) is 7.75. The standard InChI is InChI=1S/C13H22N2OS/c1-17-12-6-4-11(5-7-12)15-13(16)9-2-3-10(14)8-9/h2-3,9-12H,4-8,14H2,1H3,(H,15,16). The van der Waals surface area contributed by atoms with Gasteiger partial charge in [0.15, 0.2) is 0 Å². The first kappa shape index (κ1) is 13.0. The summed E-state index contributed by atoms with van der Waals surface area (Å²) >= 11 is 1.95. The number of thioether (sulfide) groups is 1. The molecular weight excluding hydrogens is 232 g/mol. The normalized spacial score (nSPS) is 37.1. The van der Waals surface area contributed by atoms with Gasteiger partial charge in [-0.2, -0.15) is 11.8 Å². The molecule has 0 aromatic rings. The van der Waals surface area contributed by atoms with E-state index in [-0.39, 0.29) is 17.9 Å². The van der Waals surface area contributed by atoms with Crippen molar-refractivity contribution < 1.29 is 4.79 Å². The minimum absolute atomic E-state index is 0.00303. The first-order valence-electron chi connectivity index (χ1n) is 6.46. The van der Waals surface area contributed by atoms with Gasteiger partial charge in [-0.1, -0.05) is 12.2 Å². The third kappa shape index (κ3) is 3.49. The zero-order valence-corrected chi connectivity index (χ0v) is 11.2. The van der Waals surface area contributed by atoms with Gasteiger partial charge in [0, 0.05) is 17.3 Å². The lowest BCUT2D eigenvalue weighted by atomic mass is 9.94. The van der Waals surface area contributed by atoms with Crippen molar-refractivity contribution in [1.82, 2.24) is 5.32 Å². The summed E-state index contributed by atoms with van der Waals surface area (Å²) in [7, 11) is 0. The summed E-state index contributed by atoms with van der Waals surface area (Å²) in [6, 6.07) is 0.453. The summed E-state index contributed by atoms with van der Waals surface area (Å²) in [5.74, 6) is 0.171. The van der Waals surface area contributed by atoms with Crippen LogP contribution in [-0.2, 0) is 4.79 Å². The summed E-state index contributed by atoms with van der Waals surface area (Å²) in [5.41, 5.74) is 5.76. The van der Waals surface area contributed by atoms with Crippen LogP contribution in [0.3, 0.4) is 0 Å². The van der Waals surface area contributed by atoms with Crippen LogP contribution in [0.4, 0.5) is 0 Å². The predicted octanol–water partition coefficient (Wildman–Crippen LogP) is 1.68. The molecule has 2 aliphatic rings. The van der Waals surface area contributed by atoms with Crippen LogP contribution in [0.2, 0.25) is 0 Å². The van der Waals surface area contributed by atoms with Gasteiger partial charge < -0.3 is 11.1 Å². The number of carbonyl (C=O) groups is 1. The highest BCUT2D eigenvalue weighted by molar-refractivity contribution is 7.99. The fraction of sp³-hybridized carbons (Fsp3) is 0.769. The Balaban J connectivity index is 1.74. The van der Waals surface area contributed by atoms with E-state index in [1.54, 1.807) is 0 Å². The van der Waals surface area contributed by atoms with Crippen LogP contribution in [0.1, 0.15) is 32.1 Å². The molecule has 2 unspecified atom stereocenters. The Bertz CT molecular complexity index is 298. The smallest absolute Gasteiger partial charge is 0.227 e. The van der Waals surface area contributed by atoms with E-state index in [1.165, 1.54) is 12.8 Å². The van der Waals surface area contributed by atoms with Gasteiger partial charge in [0.2, 0.25) is 5.91 Å². The zero-order chi connectivity index (χ0) is 12.3. The van der Waals surface area contributed by atoms with Crippen molar-refractivity contribution in [3.63, 3.8) is 0 Å². The third-order valence-corrected chi connectivity index (χ3v) is 4.95. The van der Waals surface area contributed by atoms with Crippen molar-refractivity contribution in [1.29, 1.82) is 0 Å². The molecule has 2 atom stereocenters. The minimum Gasteiger partial charge on any atom is -0.353 e. The van der Waals surface area contributed by atoms with Crippen LogP contribution < -0.4 is 11.1 Å². The van der Waals surface area contributed by atoms with Crippen LogP contribution in [0.25, 0.3) is 0 Å². The first-order chi connectivity index (χ1) is 8.19. The Morgan fingerprint density at radius 3 is 2.53 bits per heavy atom. The number of carbonyl (C=O) groups excluding carboxylic acids is 1.